The van der Waals surface area contributed by atoms with Crippen molar-refractivity contribution in [3.63, 3.8) is 0 Å². The van der Waals surface area contributed by atoms with Crippen molar-refractivity contribution in [3.8, 4) is 0 Å². The van der Waals surface area contributed by atoms with Gasteiger partial charge < -0.3 is 0 Å². The predicted octanol–water partition coefficient (Wildman–Crippen LogP) is 4.55. The third kappa shape index (κ3) is 5.45. The van der Waals surface area contributed by atoms with E-state index in [9.17, 15) is 0 Å². The quantitative estimate of drug-likeness (QED) is 0.734. The third-order valence-corrected chi connectivity index (χ3v) is 4.69. The second-order valence-electron chi connectivity index (χ2n) is 6.36. The molecule has 4 heteroatoms. The van der Waals surface area contributed by atoms with Crippen molar-refractivity contribution >= 4 is 23.9 Å². The molecule has 0 unspecified atom stereocenters. The Morgan fingerprint density at radius 1 is 1.00 bits per heavy atom. The van der Waals surface area contributed by atoms with Crippen LogP contribution in [0.4, 0.5) is 0 Å². The second-order valence-corrected chi connectivity index (χ2v) is 6.77. The standard InChI is InChI=1S/C21H24ClN3/c1-18(15-19-7-3-2-4-8-19)16-23-25-13-11-24(12-14-25)17-20-9-5-6-10-21(20)22/h2-10,15-16H,11-14,17H2,1H3/b18-15+,23-16-. The average molecular weight is 354 g/mol. The minimum absolute atomic E-state index is 0.852. The van der Waals surface area contributed by atoms with Gasteiger partial charge in [-0.05, 0) is 29.7 Å². The molecule has 0 N–H and O–H groups in total. The number of benzene rings is 2. The molecule has 0 saturated carbocycles. The molecule has 0 spiro atoms. The highest BCUT2D eigenvalue weighted by Gasteiger charge is 2.16. The van der Waals surface area contributed by atoms with Crippen LogP contribution in [0, 0.1) is 0 Å². The van der Waals surface area contributed by atoms with Gasteiger partial charge in [0.1, 0.15) is 0 Å². The number of piperazine rings is 1. The third-order valence-electron chi connectivity index (χ3n) is 4.32. The molecule has 0 radical (unpaired) electrons. The highest BCUT2D eigenvalue weighted by molar-refractivity contribution is 6.31. The van der Waals surface area contributed by atoms with Gasteiger partial charge in [0.15, 0.2) is 0 Å². The van der Waals surface area contributed by atoms with E-state index in [0.29, 0.717) is 0 Å². The summed E-state index contributed by atoms with van der Waals surface area (Å²) >= 11 is 6.26. The van der Waals surface area contributed by atoms with Crippen molar-refractivity contribution in [1.29, 1.82) is 0 Å². The summed E-state index contributed by atoms with van der Waals surface area (Å²) in [5, 5.41) is 7.62. The van der Waals surface area contributed by atoms with Crippen LogP contribution in [0.5, 0.6) is 0 Å². The Bertz CT molecular complexity index is 732. The van der Waals surface area contributed by atoms with Gasteiger partial charge in [-0.3, -0.25) is 9.91 Å². The van der Waals surface area contributed by atoms with Crippen molar-refractivity contribution in [3.05, 3.63) is 76.3 Å². The Balaban J connectivity index is 1.49. The normalized spacial score (nSPS) is 16.6. The zero-order valence-electron chi connectivity index (χ0n) is 14.6. The lowest BCUT2D eigenvalue weighted by molar-refractivity contribution is 0.131. The first-order valence-corrected chi connectivity index (χ1v) is 9.06. The van der Waals surface area contributed by atoms with Crippen molar-refractivity contribution in [2.24, 2.45) is 5.10 Å². The van der Waals surface area contributed by atoms with E-state index in [1.807, 2.05) is 30.5 Å². The zero-order valence-corrected chi connectivity index (χ0v) is 15.4. The smallest absolute Gasteiger partial charge is 0.0499 e. The van der Waals surface area contributed by atoms with Gasteiger partial charge in [0.05, 0.1) is 0 Å². The molecule has 0 bridgehead atoms. The van der Waals surface area contributed by atoms with Crippen molar-refractivity contribution < 1.29 is 0 Å². The van der Waals surface area contributed by atoms with Gasteiger partial charge in [-0.2, -0.15) is 5.10 Å². The van der Waals surface area contributed by atoms with Gasteiger partial charge in [-0.25, -0.2) is 0 Å². The van der Waals surface area contributed by atoms with Crippen LogP contribution in [0.25, 0.3) is 6.08 Å². The maximum absolute atomic E-state index is 6.26. The molecule has 2 aromatic carbocycles. The van der Waals surface area contributed by atoms with Gasteiger partial charge in [0.2, 0.25) is 0 Å². The number of hydrazone groups is 1. The molecule has 25 heavy (non-hydrogen) atoms. The van der Waals surface area contributed by atoms with E-state index in [1.54, 1.807) is 0 Å². The number of hydrogen-bond donors (Lipinski definition) is 0. The van der Waals surface area contributed by atoms with Gasteiger partial charge in [-0.15, -0.1) is 0 Å². The summed E-state index contributed by atoms with van der Waals surface area (Å²) in [6.45, 7) is 6.89. The Morgan fingerprint density at radius 2 is 1.68 bits per heavy atom. The van der Waals surface area contributed by atoms with E-state index in [4.69, 9.17) is 11.6 Å². The first-order chi connectivity index (χ1) is 12.2. The summed E-state index contributed by atoms with van der Waals surface area (Å²) in [6.07, 6.45) is 4.11. The molecule has 130 valence electrons. The fourth-order valence-electron chi connectivity index (χ4n) is 2.90. The van der Waals surface area contributed by atoms with Crippen molar-refractivity contribution in [2.45, 2.75) is 13.5 Å². The lowest BCUT2D eigenvalue weighted by atomic mass is 10.1. The molecule has 1 aliphatic rings. The van der Waals surface area contributed by atoms with Gasteiger partial charge in [0, 0.05) is 44.0 Å². The van der Waals surface area contributed by atoms with E-state index >= 15 is 0 Å². The van der Waals surface area contributed by atoms with Crippen LogP contribution in [0.1, 0.15) is 18.1 Å². The van der Waals surface area contributed by atoms with Gasteiger partial charge >= 0.3 is 0 Å². The van der Waals surface area contributed by atoms with Crippen molar-refractivity contribution in [1.82, 2.24) is 9.91 Å². The first kappa shape index (κ1) is 17.7. The number of hydrogen-bond acceptors (Lipinski definition) is 3. The Hall–Kier alpha value is -2.10. The fourth-order valence-corrected chi connectivity index (χ4v) is 3.10. The molecule has 0 atom stereocenters. The predicted molar refractivity (Wildman–Crippen MR) is 107 cm³/mol. The van der Waals surface area contributed by atoms with E-state index in [1.165, 1.54) is 11.1 Å². The van der Waals surface area contributed by atoms with E-state index in [-0.39, 0.29) is 0 Å². The summed E-state index contributed by atoms with van der Waals surface area (Å²) in [7, 11) is 0. The molecule has 3 nitrogen and oxygen atoms in total. The SMILES string of the molecule is CC(/C=N\N1CCN(Cc2ccccc2Cl)CC1)=C\c1ccccc1. The zero-order chi connectivity index (χ0) is 17.5. The number of halogens is 1. The van der Waals surface area contributed by atoms with Crippen LogP contribution in [-0.2, 0) is 6.54 Å². The lowest BCUT2D eigenvalue weighted by Gasteiger charge is -2.33. The van der Waals surface area contributed by atoms with Crippen LogP contribution in [0.2, 0.25) is 5.02 Å². The largest absolute Gasteiger partial charge is 0.295 e. The molecular formula is C21H24ClN3. The summed E-state index contributed by atoms with van der Waals surface area (Å²) in [4.78, 5) is 2.43. The number of nitrogens with zero attached hydrogens (tertiary/aromatic N) is 3. The summed E-state index contributed by atoms with van der Waals surface area (Å²) in [5.41, 5.74) is 3.56. The molecule has 0 amide bonds. The molecule has 1 saturated heterocycles. The van der Waals surface area contributed by atoms with E-state index in [2.05, 4.69) is 58.3 Å². The molecule has 2 aromatic rings. The number of allylic oxidation sites excluding steroid dienone is 1. The Morgan fingerprint density at radius 3 is 2.40 bits per heavy atom. The topological polar surface area (TPSA) is 18.8 Å². The molecule has 3 rings (SSSR count). The number of rotatable bonds is 5. The molecule has 1 aliphatic heterocycles. The Kier molecular flexibility index (Phi) is 6.26. The lowest BCUT2D eigenvalue weighted by Crippen LogP contribution is -2.43. The highest BCUT2D eigenvalue weighted by atomic mass is 35.5. The van der Waals surface area contributed by atoms with E-state index in [0.717, 1.165) is 43.3 Å². The maximum atomic E-state index is 6.26. The summed E-state index contributed by atoms with van der Waals surface area (Å²) < 4.78 is 0. The molecule has 0 aliphatic carbocycles. The second kappa shape index (κ2) is 8.84. The molecule has 1 heterocycles. The van der Waals surface area contributed by atoms with Crippen LogP contribution in [0.15, 0.2) is 65.3 Å². The molecular weight excluding hydrogens is 330 g/mol. The monoisotopic (exact) mass is 353 g/mol. The summed E-state index contributed by atoms with van der Waals surface area (Å²) in [5.74, 6) is 0. The van der Waals surface area contributed by atoms with Crippen LogP contribution in [-0.4, -0.2) is 42.3 Å². The van der Waals surface area contributed by atoms with Crippen LogP contribution >= 0.6 is 11.6 Å². The van der Waals surface area contributed by atoms with Crippen molar-refractivity contribution in [2.75, 3.05) is 26.2 Å². The Labute approximate surface area is 155 Å². The first-order valence-electron chi connectivity index (χ1n) is 8.69. The fraction of sp³-hybridized carbons (Fsp3) is 0.286. The van der Waals surface area contributed by atoms with E-state index < -0.39 is 0 Å². The minimum Gasteiger partial charge on any atom is -0.295 e. The highest BCUT2D eigenvalue weighted by Crippen LogP contribution is 2.18. The minimum atomic E-state index is 0.852. The average Bonchev–Trinajstić information content (AvgIpc) is 2.64. The summed E-state index contributed by atoms with van der Waals surface area (Å²) in [6, 6.07) is 18.4. The van der Waals surface area contributed by atoms with Gasteiger partial charge in [-0.1, -0.05) is 66.2 Å². The molecule has 1 fully saturated rings. The molecule has 0 aromatic heterocycles. The maximum Gasteiger partial charge on any atom is 0.0499 e. The van der Waals surface area contributed by atoms with Crippen LogP contribution < -0.4 is 0 Å². The van der Waals surface area contributed by atoms with Gasteiger partial charge in [0.25, 0.3) is 0 Å². The van der Waals surface area contributed by atoms with Crippen LogP contribution in [0.3, 0.4) is 0 Å².